The standard InChI is InChI=1S/C78H56B2/c1-47(2)65-45-75(79(71-29-13-25-57-37-49-17-5-9-21-53(49)41-67(57)71)72-30-14-26-58-38-50-18-6-10-22-54(50)42-68(58)72)63-36-34-62-66(48(3)4)46-76(64-35-33-61(65)77(63)78(62)64)80(73-31-15-27-59-39-51-19-7-11-23-55(51)43-69(59)73)74-32-16-28-60-40-52-20-8-12-24-56(52)44-70(60)74/h5-48H,1-4H3. The molecule has 0 atom stereocenters. The molecule has 0 amide bonds. The van der Waals surface area contributed by atoms with E-state index in [-0.39, 0.29) is 25.3 Å². The second-order valence-corrected chi connectivity index (χ2v) is 23.4. The quantitative estimate of drug-likeness (QED) is 0.0808. The Balaban J connectivity index is 1.05. The summed E-state index contributed by atoms with van der Waals surface area (Å²) in [4.78, 5) is 0. The van der Waals surface area contributed by atoms with Gasteiger partial charge in [0.15, 0.2) is 0 Å². The van der Waals surface area contributed by atoms with Gasteiger partial charge in [0.25, 0.3) is 0 Å². The van der Waals surface area contributed by atoms with Crippen LogP contribution in [0.1, 0.15) is 50.7 Å². The summed E-state index contributed by atoms with van der Waals surface area (Å²) >= 11 is 0. The van der Waals surface area contributed by atoms with Crippen LogP contribution < -0.4 is 32.8 Å². The molecule has 0 saturated carbocycles. The van der Waals surface area contributed by atoms with Gasteiger partial charge >= 0.3 is 0 Å². The van der Waals surface area contributed by atoms with Crippen molar-refractivity contribution < 1.29 is 0 Å². The van der Waals surface area contributed by atoms with E-state index in [1.165, 1.54) is 162 Å². The van der Waals surface area contributed by atoms with Gasteiger partial charge in [0, 0.05) is 0 Å². The number of hydrogen-bond donors (Lipinski definition) is 0. The van der Waals surface area contributed by atoms with Gasteiger partial charge in [-0.15, -0.1) is 0 Å². The summed E-state index contributed by atoms with van der Waals surface area (Å²) in [6, 6.07) is 98.2. The zero-order valence-electron chi connectivity index (χ0n) is 45.6. The van der Waals surface area contributed by atoms with E-state index in [0.29, 0.717) is 0 Å². The fourth-order valence-corrected chi connectivity index (χ4v) is 14.5. The number of hydrogen-bond acceptors (Lipinski definition) is 0. The second kappa shape index (κ2) is 18.2. The number of fused-ring (bicyclic) bond motifs is 8. The molecular weight excluding hydrogens is 958 g/mol. The van der Waals surface area contributed by atoms with Crippen LogP contribution in [0.5, 0.6) is 0 Å². The first kappa shape index (κ1) is 46.8. The average Bonchev–Trinajstić information content (AvgIpc) is 3.55. The topological polar surface area (TPSA) is 0 Å². The van der Waals surface area contributed by atoms with Gasteiger partial charge in [-0.3, -0.25) is 0 Å². The highest BCUT2D eigenvalue weighted by atomic mass is 14.2. The molecule has 16 rings (SSSR count). The minimum atomic E-state index is -0.0976. The highest BCUT2D eigenvalue weighted by Crippen LogP contribution is 2.41. The second-order valence-electron chi connectivity index (χ2n) is 23.4. The van der Waals surface area contributed by atoms with E-state index < -0.39 is 0 Å². The first-order chi connectivity index (χ1) is 39.3. The Labute approximate surface area is 467 Å². The summed E-state index contributed by atoms with van der Waals surface area (Å²) in [5.74, 6) is 0.527. The van der Waals surface area contributed by atoms with Crippen molar-refractivity contribution in [1.29, 1.82) is 0 Å². The van der Waals surface area contributed by atoms with Crippen molar-refractivity contribution in [2.45, 2.75) is 39.5 Å². The Morgan fingerprint density at radius 3 is 0.700 bits per heavy atom. The third-order valence-electron chi connectivity index (χ3n) is 18.3. The maximum Gasteiger partial charge on any atom is 0.243 e. The van der Waals surface area contributed by atoms with Crippen molar-refractivity contribution in [1.82, 2.24) is 0 Å². The molecule has 16 aromatic rings. The van der Waals surface area contributed by atoms with Crippen LogP contribution >= 0.6 is 0 Å². The lowest BCUT2D eigenvalue weighted by Crippen LogP contribution is -2.53. The first-order valence-corrected chi connectivity index (χ1v) is 28.7. The molecular formula is C78H56B2. The Bertz CT molecular complexity index is 4650. The van der Waals surface area contributed by atoms with Crippen molar-refractivity contribution in [2.24, 2.45) is 0 Å². The van der Waals surface area contributed by atoms with E-state index in [1.807, 2.05) is 0 Å². The molecule has 0 aliphatic carbocycles. The highest BCUT2D eigenvalue weighted by Gasteiger charge is 2.33. The van der Waals surface area contributed by atoms with Crippen LogP contribution in [0.2, 0.25) is 0 Å². The third-order valence-corrected chi connectivity index (χ3v) is 18.3. The first-order valence-electron chi connectivity index (χ1n) is 28.7. The lowest BCUT2D eigenvalue weighted by atomic mass is 9.34. The van der Waals surface area contributed by atoms with Crippen molar-refractivity contribution in [3.05, 3.63) is 266 Å². The summed E-state index contributed by atoms with van der Waals surface area (Å²) < 4.78 is 0. The highest BCUT2D eigenvalue weighted by molar-refractivity contribution is 7.00. The van der Waals surface area contributed by atoms with Gasteiger partial charge in [-0.2, -0.15) is 0 Å². The van der Waals surface area contributed by atoms with E-state index in [2.05, 4.69) is 282 Å². The zero-order valence-corrected chi connectivity index (χ0v) is 45.6. The molecule has 0 aliphatic heterocycles. The summed E-state index contributed by atoms with van der Waals surface area (Å²) in [5.41, 5.74) is 10.8. The fourth-order valence-electron chi connectivity index (χ4n) is 14.5. The molecule has 80 heavy (non-hydrogen) atoms. The molecule has 0 aromatic heterocycles. The van der Waals surface area contributed by atoms with E-state index in [1.54, 1.807) is 0 Å². The Morgan fingerprint density at radius 1 is 0.200 bits per heavy atom. The van der Waals surface area contributed by atoms with Gasteiger partial charge in [-0.05, 0) is 190 Å². The summed E-state index contributed by atoms with van der Waals surface area (Å²) in [6.45, 7) is 9.39. The minimum Gasteiger partial charge on any atom is -0.0663 e. The molecule has 2 heteroatoms. The van der Waals surface area contributed by atoms with Crippen LogP contribution in [-0.4, -0.2) is 13.4 Å². The molecule has 0 heterocycles. The molecule has 0 radical (unpaired) electrons. The molecule has 0 nitrogen and oxygen atoms in total. The summed E-state index contributed by atoms with van der Waals surface area (Å²) in [7, 11) is 0. The maximum atomic E-state index is 2.62. The van der Waals surface area contributed by atoms with Gasteiger partial charge in [-0.25, -0.2) is 0 Å². The number of rotatable bonds is 8. The predicted molar refractivity (Wildman–Crippen MR) is 353 cm³/mol. The SMILES string of the molecule is CC(C)c1cc(B(c2cccc3cc4ccccc4cc23)c2cccc3cc4ccccc4cc23)c2ccc3c(C(C)C)cc(B(c4cccc5cc6ccccc6cc45)c4cccc5cc6ccccc6cc45)c4ccc1c2c43. The van der Waals surface area contributed by atoms with Crippen LogP contribution in [0.25, 0.3) is 118 Å². The molecule has 0 saturated heterocycles. The van der Waals surface area contributed by atoms with Crippen molar-refractivity contribution in [2.75, 3.05) is 0 Å². The van der Waals surface area contributed by atoms with Crippen molar-refractivity contribution >= 4 is 165 Å². The van der Waals surface area contributed by atoms with Crippen molar-refractivity contribution in [3.63, 3.8) is 0 Å². The van der Waals surface area contributed by atoms with Crippen LogP contribution in [0, 0.1) is 0 Å². The van der Waals surface area contributed by atoms with Crippen LogP contribution in [0.3, 0.4) is 0 Å². The molecule has 374 valence electrons. The molecule has 0 aliphatic rings. The smallest absolute Gasteiger partial charge is 0.0663 e. The average molecular weight is 1010 g/mol. The van der Waals surface area contributed by atoms with Crippen LogP contribution in [0.4, 0.5) is 0 Å². The fraction of sp³-hybridized carbons (Fsp3) is 0.0769. The third kappa shape index (κ3) is 7.25. The number of benzene rings is 16. The molecule has 0 N–H and O–H groups in total. The Kier molecular flexibility index (Phi) is 10.6. The van der Waals surface area contributed by atoms with E-state index in [4.69, 9.17) is 0 Å². The van der Waals surface area contributed by atoms with Crippen LogP contribution in [-0.2, 0) is 0 Å². The predicted octanol–water partition coefficient (Wildman–Crippen LogP) is 17.1. The summed E-state index contributed by atoms with van der Waals surface area (Å²) in [6.07, 6.45) is 0. The van der Waals surface area contributed by atoms with E-state index >= 15 is 0 Å². The lowest BCUT2D eigenvalue weighted by Gasteiger charge is -2.28. The summed E-state index contributed by atoms with van der Waals surface area (Å²) in [5, 5.41) is 28.4. The maximum absolute atomic E-state index is 2.62. The lowest BCUT2D eigenvalue weighted by molar-refractivity contribution is 0.877. The molecule has 16 aromatic carbocycles. The molecule has 0 unspecified atom stereocenters. The monoisotopic (exact) mass is 1010 g/mol. The Hall–Kier alpha value is -9.23. The molecule has 0 spiro atoms. The van der Waals surface area contributed by atoms with E-state index in [9.17, 15) is 0 Å². The van der Waals surface area contributed by atoms with Crippen LogP contribution in [0.15, 0.2) is 255 Å². The van der Waals surface area contributed by atoms with Gasteiger partial charge in [-0.1, -0.05) is 267 Å². The molecule has 0 fully saturated rings. The van der Waals surface area contributed by atoms with Gasteiger partial charge < -0.3 is 0 Å². The van der Waals surface area contributed by atoms with Gasteiger partial charge in [0.1, 0.15) is 0 Å². The molecule has 0 bridgehead atoms. The minimum absolute atomic E-state index is 0.0976. The largest absolute Gasteiger partial charge is 0.243 e. The zero-order chi connectivity index (χ0) is 53.3. The van der Waals surface area contributed by atoms with Crippen molar-refractivity contribution in [3.8, 4) is 0 Å². The van der Waals surface area contributed by atoms with Gasteiger partial charge in [0.2, 0.25) is 13.4 Å². The van der Waals surface area contributed by atoms with Gasteiger partial charge in [0.05, 0.1) is 0 Å². The van der Waals surface area contributed by atoms with E-state index in [0.717, 1.165) is 0 Å². The normalized spacial score (nSPS) is 12.2. The Morgan fingerprint density at radius 2 is 0.438 bits per heavy atom.